The fraction of sp³-hybridized carbons (Fsp3) is 0.182. The summed E-state index contributed by atoms with van der Waals surface area (Å²) in [4.78, 5) is 17.2. The van der Waals surface area contributed by atoms with Crippen molar-refractivity contribution in [3.63, 3.8) is 0 Å². The molecule has 7 heteroatoms. The van der Waals surface area contributed by atoms with Crippen LogP contribution in [0.3, 0.4) is 0 Å². The Hall–Kier alpha value is -3.74. The second-order valence-corrected chi connectivity index (χ2v) is 7.03. The van der Waals surface area contributed by atoms with Crippen molar-refractivity contribution in [2.24, 2.45) is 0 Å². The van der Waals surface area contributed by atoms with E-state index in [9.17, 15) is 4.79 Å². The Morgan fingerprint density at radius 3 is 2.79 bits per heavy atom. The average Bonchev–Trinajstić information content (AvgIpc) is 3.51. The molecule has 4 aromatic rings. The van der Waals surface area contributed by atoms with E-state index in [0.29, 0.717) is 12.2 Å². The topological polar surface area (TPSA) is 77.6 Å². The third kappa shape index (κ3) is 3.31. The molecule has 1 amide bonds. The second-order valence-electron chi connectivity index (χ2n) is 7.03. The number of hydrogen-bond donors (Lipinski definition) is 1. The van der Waals surface area contributed by atoms with Gasteiger partial charge in [0.15, 0.2) is 11.5 Å². The van der Waals surface area contributed by atoms with E-state index in [1.54, 1.807) is 17.1 Å². The van der Waals surface area contributed by atoms with Gasteiger partial charge >= 0.3 is 0 Å². The molecule has 0 saturated carbocycles. The monoisotopic (exact) mass is 384 g/mol. The van der Waals surface area contributed by atoms with Crippen LogP contribution in [0.4, 0.5) is 0 Å². The number of aromatic nitrogens is 5. The molecule has 1 aliphatic rings. The predicted octanol–water partition coefficient (Wildman–Crippen LogP) is 2.87. The summed E-state index contributed by atoms with van der Waals surface area (Å²) in [5.41, 5.74) is 4.69. The molecule has 0 radical (unpaired) electrons. The van der Waals surface area contributed by atoms with Gasteiger partial charge in [-0.1, -0.05) is 18.2 Å². The molecule has 7 nitrogen and oxygen atoms in total. The SMILES string of the molecule is O=C(NCc1ccnc(-n2cccn2)c1)c1nn(-c2ccccc2)c2c1CCC2. The number of pyridine rings is 1. The normalized spacial score (nSPS) is 12.7. The van der Waals surface area contributed by atoms with E-state index in [0.717, 1.165) is 47.6 Å². The maximum Gasteiger partial charge on any atom is 0.272 e. The van der Waals surface area contributed by atoms with Gasteiger partial charge < -0.3 is 5.32 Å². The van der Waals surface area contributed by atoms with Crippen LogP contribution < -0.4 is 5.32 Å². The average molecular weight is 384 g/mol. The Bertz CT molecular complexity index is 1150. The first-order valence-corrected chi connectivity index (χ1v) is 9.69. The van der Waals surface area contributed by atoms with Gasteiger partial charge in [0.1, 0.15) is 0 Å². The van der Waals surface area contributed by atoms with Gasteiger partial charge in [-0.05, 0) is 55.2 Å². The minimum Gasteiger partial charge on any atom is -0.347 e. The number of carbonyl (C=O) groups is 1. The van der Waals surface area contributed by atoms with Crippen molar-refractivity contribution in [3.8, 4) is 11.5 Å². The maximum absolute atomic E-state index is 12.9. The molecular weight excluding hydrogens is 364 g/mol. The highest BCUT2D eigenvalue weighted by atomic mass is 16.1. The molecule has 1 aliphatic carbocycles. The van der Waals surface area contributed by atoms with Crippen LogP contribution in [0.15, 0.2) is 67.1 Å². The molecule has 0 aliphatic heterocycles. The number of carbonyl (C=O) groups excluding carboxylic acids is 1. The molecule has 0 atom stereocenters. The van der Waals surface area contributed by atoms with Crippen LogP contribution in [0.5, 0.6) is 0 Å². The summed E-state index contributed by atoms with van der Waals surface area (Å²) in [5, 5.41) is 11.9. The first-order chi connectivity index (χ1) is 14.3. The largest absolute Gasteiger partial charge is 0.347 e. The Kier molecular flexibility index (Phi) is 4.40. The number of fused-ring (bicyclic) bond motifs is 1. The van der Waals surface area contributed by atoms with E-state index in [1.807, 2.05) is 59.4 Å². The summed E-state index contributed by atoms with van der Waals surface area (Å²) in [6, 6.07) is 15.6. The molecule has 0 saturated heterocycles. The van der Waals surface area contributed by atoms with E-state index in [2.05, 4.69) is 20.5 Å². The standard InChI is InChI=1S/C22H20N6O/c29-22(24-15-16-10-12-23-20(14-16)27-13-5-11-25-27)21-18-8-4-9-19(18)28(26-21)17-6-2-1-3-7-17/h1-3,5-7,10-14H,4,8-9,15H2,(H,24,29). The van der Waals surface area contributed by atoms with Crippen LogP contribution in [0, 0.1) is 0 Å². The van der Waals surface area contributed by atoms with Gasteiger partial charge in [0.25, 0.3) is 5.91 Å². The summed E-state index contributed by atoms with van der Waals surface area (Å²) in [6.07, 6.45) is 8.16. The molecule has 3 aromatic heterocycles. The molecule has 1 aromatic carbocycles. The lowest BCUT2D eigenvalue weighted by Gasteiger charge is -2.07. The van der Waals surface area contributed by atoms with E-state index in [1.165, 1.54) is 0 Å². The van der Waals surface area contributed by atoms with Crippen molar-refractivity contribution in [3.05, 3.63) is 89.6 Å². The first kappa shape index (κ1) is 17.4. The number of nitrogens with one attached hydrogen (secondary N) is 1. The highest BCUT2D eigenvalue weighted by Crippen LogP contribution is 2.27. The molecule has 3 heterocycles. The van der Waals surface area contributed by atoms with Crippen molar-refractivity contribution in [2.75, 3.05) is 0 Å². The minimum atomic E-state index is -0.143. The number of rotatable bonds is 5. The highest BCUT2D eigenvalue weighted by molar-refractivity contribution is 5.94. The molecule has 0 fully saturated rings. The minimum absolute atomic E-state index is 0.143. The zero-order chi connectivity index (χ0) is 19.6. The number of para-hydroxylation sites is 1. The van der Waals surface area contributed by atoms with E-state index >= 15 is 0 Å². The van der Waals surface area contributed by atoms with Crippen molar-refractivity contribution in [2.45, 2.75) is 25.8 Å². The number of nitrogens with zero attached hydrogens (tertiary/aromatic N) is 5. The van der Waals surface area contributed by atoms with Gasteiger partial charge in [-0.15, -0.1) is 0 Å². The predicted molar refractivity (Wildman–Crippen MR) is 108 cm³/mol. The van der Waals surface area contributed by atoms with Crippen LogP contribution in [0.2, 0.25) is 0 Å². The smallest absolute Gasteiger partial charge is 0.272 e. The fourth-order valence-electron chi connectivity index (χ4n) is 3.77. The van der Waals surface area contributed by atoms with Crippen LogP contribution in [0.25, 0.3) is 11.5 Å². The molecule has 5 rings (SSSR count). The third-order valence-electron chi connectivity index (χ3n) is 5.15. The van der Waals surface area contributed by atoms with Gasteiger partial charge in [0.2, 0.25) is 0 Å². The van der Waals surface area contributed by atoms with Crippen LogP contribution in [-0.2, 0) is 19.4 Å². The molecule has 1 N–H and O–H groups in total. The number of benzene rings is 1. The lowest BCUT2D eigenvalue weighted by atomic mass is 10.2. The summed E-state index contributed by atoms with van der Waals surface area (Å²) in [5.74, 6) is 0.575. The molecular formula is C22H20N6O. The van der Waals surface area contributed by atoms with Crippen molar-refractivity contribution >= 4 is 5.91 Å². The molecule has 29 heavy (non-hydrogen) atoms. The summed E-state index contributed by atoms with van der Waals surface area (Å²) in [6.45, 7) is 0.405. The molecule has 0 unspecified atom stereocenters. The zero-order valence-electron chi connectivity index (χ0n) is 15.8. The van der Waals surface area contributed by atoms with Crippen molar-refractivity contribution < 1.29 is 4.79 Å². The fourth-order valence-corrected chi connectivity index (χ4v) is 3.77. The summed E-state index contributed by atoms with van der Waals surface area (Å²) in [7, 11) is 0. The summed E-state index contributed by atoms with van der Waals surface area (Å²) >= 11 is 0. The van der Waals surface area contributed by atoms with Gasteiger partial charge in [-0.2, -0.15) is 10.2 Å². The third-order valence-corrected chi connectivity index (χ3v) is 5.15. The number of hydrogen-bond acceptors (Lipinski definition) is 4. The Morgan fingerprint density at radius 1 is 1.07 bits per heavy atom. The van der Waals surface area contributed by atoms with Gasteiger partial charge in [-0.25, -0.2) is 14.3 Å². The van der Waals surface area contributed by atoms with E-state index in [-0.39, 0.29) is 5.91 Å². The summed E-state index contributed by atoms with van der Waals surface area (Å²) < 4.78 is 3.61. The van der Waals surface area contributed by atoms with E-state index < -0.39 is 0 Å². The van der Waals surface area contributed by atoms with Crippen molar-refractivity contribution in [1.82, 2.24) is 29.9 Å². The Balaban J connectivity index is 1.36. The quantitative estimate of drug-likeness (QED) is 0.574. The molecule has 144 valence electrons. The number of amides is 1. The zero-order valence-corrected chi connectivity index (χ0v) is 15.8. The van der Waals surface area contributed by atoms with Crippen molar-refractivity contribution in [1.29, 1.82) is 0 Å². The van der Waals surface area contributed by atoms with Gasteiger partial charge in [-0.3, -0.25) is 4.79 Å². The van der Waals surface area contributed by atoms with Crippen LogP contribution in [0.1, 0.15) is 33.7 Å². The molecule has 0 bridgehead atoms. The maximum atomic E-state index is 12.9. The van der Waals surface area contributed by atoms with Gasteiger partial charge in [0.05, 0.1) is 5.69 Å². The first-order valence-electron chi connectivity index (χ1n) is 9.69. The van der Waals surface area contributed by atoms with E-state index in [4.69, 9.17) is 0 Å². The van der Waals surface area contributed by atoms with Gasteiger partial charge in [0, 0.05) is 36.4 Å². The lowest BCUT2D eigenvalue weighted by Crippen LogP contribution is -2.24. The highest BCUT2D eigenvalue weighted by Gasteiger charge is 2.26. The second kappa shape index (κ2) is 7.35. The molecule has 0 spiro atoms. The van der Waals surface area contributed by atoms with Crippen LogP contribution in [-0.4, -0.2) is 30.5 Å². The Labute approximate surface area is 168 Å². The van der Waals surface area contributed by atoms with Crippen LogP contribution >= 0.6 is 0 Å². The Morgan fingerprint density at radius 2 is 1.97 bits per heavy atom. The lowest BCUT2D eigenvalue weighted by molar-refractivity contribution is 0.0944.